The largest absolute Gasteiger partial charge is 0.346 e. The van der Waals surface area contributed by atoms with Crippen molar-refractivity contribution in [2.24, 2.45) is 0 Å². The first-order valence-corrected chi connectivity index (χ1v) is 5.95. The molecule has 0 unspecified atom stereocenters. The van der Waals surface area contributed by atoms with Crippen LogP contribution in [0.15, 0.2) is 30.6 Å². The van der Waals surface area contributed by atoms with Gasteiger partial charge in [-0.3, -0.25) is 4.79 Å². The van der Waals surface area contributed by atoms with Crippen molar-refractivity contribution >= 4 is 17.5 Å². The Labute approximate surface area is 114 Å². The molecule has 98 valence electrons. The summed E-state index contributed by atoms with van der Waals surface area (Å²) in [6.45, 7) is 2.01. The minimum Gasteiger partial charge on any atom is -0.346 e. The number of amides is 1. The van der Waals surface area contributed by atoms with E-state index in [-0.39, 0.29) is 17.1 Å². The lowest BCUT2D eigenvalue weighted by Gasteiger charge is -2.07. The van der Waals surface area contributed by atoms with Gasteiger partial charge in [-0.05, 0) is 25.1 Å². The van der Waals surface area contributed by atoms with Gasteiger partial charge in [-0.15, -0.1) is 0 Å². The van der Waals surface area contributed by atoms with E-state index in [9.17, 15) is 9.18 Å². The van der Waals surface area contributed by atoms with Crippen molar-refractivity contribution in [2.75, 3.05) is 0 Å². The number of aromatic nitrogens is 2. The van der Waals surface area contributed by atoms with Crippen LogP contribution in [-0.4, -0.2) is 15.9 Å². The highest BCUT2D eigenvalue weighted by Crippen LogP contribution is 2.18. The van der Waals surface area contributed by atoms with E-state index in [2.05, 4.69) is 15.3 Å². The zero-order valence-corrected chi connectivity index (χ0v) is 10.9. The maximum absolute atomic E-state index is 13.5. The fourth-order valence-corrected chi connectivity index (χ4v) is 1.83. The number of rotatable bonds is 3. The molecule has 1 aromatic heterocycles. The maximum Gasteiger partial charge on any atom is 0.256 e. The van der Waals surface area contributed by atoms with Crippen LogP contribution in [0.1, 0.15) is 21.7 Å². The highest BCUT2D eigenvalue weighted by Gasteiger charge is 2.15. The minimum absolute atomic E-state index is 0.0800. The molecule has 1 N–H and O–H groups in total. The second-order valence-electron chi connectivity index (χ2n) is 3.93. The Balaban J connectivity index is 2.10. The number of aryl methyl sites for hydroxylation is 1. The Morgan fingerprint density at radius 2 is 2.21 bits per heavy atom. The van der Waals surface area contributed by atoms with Crippen LogP contribution in [0.3, 0.4) is 0 Å². The molecule has 6 heteroatoms. The smallest absolute Gasteiger partial charge is 0.256 e. The summed E-state index contributed by atoms with van der Waals surface area (Å²) in [5.41, 5.74) is 1.28. The SMILES string of the molecule is Cc1cc(CNC(=O)c2c(F)cccc2Cl)ncn1. The number of carbonyl (C=O) groups is 1. The summed E-state index contributed by atoms with van der Waals surface area (Å²) in [7, 11) is 0. The molecule has 0 saturated carbocycles. The van der Waals surface area contributed by atoms with Crippen molar-refractivity contribution in [1.29, 1.82) is 0 Å². The highest BCUT2D eigenvalue weighted by atomic mass is 35.5. The van der Waals surface area contributed by atoms with Crippen LogP contribution >= 0.6 is 11.6 Å². The van der Waals surface area contributed by atoms with E-state index in [4.69, 9.17) is 11.6 Å². The van der Waals surface area contributed by atoms with Gasteiger partial charge in [0.15, 0.2) is 0 Å². The van der Waals surface area contributed by atoms with Crippen LogP contribution in [0.4, 0.5) is 4.39 Å². The Morgan fingerprint density at radius 1 is 1.42 bits per heavy atom. The summed E-state index contributed by atoms with van der Waals surface area (Å²) in [5.74, 6) is -1.22. The number of carbonyl (C=O) groups excluding carboxylic acids is 1. The number of nitrogens with one attached hydrogen (secondary N) is 1. The molecule has 0 radical (unpaired) electrons. The quantitative estimate of drug-likeness (QED) is 0.939. The van der Waals surface area contributed by atoms with Crippen molar-refractivity contribution in [3.05, 3.63) is 58.4 Å². The molecule has 0 atom stereocenters. The monoisotopic (exact) mass is 279 g/mol. The van der Waals surface area contributed by atoms with Crippen LogP contribution in [0.5, 0.6) is 0 Å². The van der Waals surface area contributed by atoms with Gasteiger partial charge >= 0.3 is 0 Å². The number of halogens is 2. The molecule has 0 fully saturated rings. The molecule has 1 amide bonds. The van der Waals surface area contributed by atoms with Crippen LogP contribution in [-0.2, 0) is 6.54 Å². The molecule has 0 spiro atoms. The third-order valence-electron chi connectivity index (χ3n) is 2.48. The molecule has 19 heavy (non-hydrogen) atoms. The standard InChI is InChI=1S/C13H11ClFN3O/c1-8-5-9(18-7-17-8)6-16-13(19)12-10(14)3-2-4-11(12)15/h2-5,7H,6H2,1H3,(H,16,19). The third kappa shape index (κ3) is 3.26. The zero-order valence-electron chi connectivity index (χ0n) is 10.2. The summed E-state index contributed by atoms with van der Waals surface area (Å²) >= 11 is 5.80. The summed E-state index contributed by atoms with van der Waals surface area (Å²) in [6.07, 6.45) is 1.41. The third-order valence-corrected chi connectivity index (χ3v) is 2.80. The second-order valence-corrected chi connectivity index (χ2v) is 4.34. The van der Waals surface area contributed by atoms with Gasteiger partial charge < -0.3 is 5.32 Å². The fraction of sp³-hybridized carbons (Fsp3) is 0.154. The van der Waals surface area contributed by atoms with E-state index in [0.29, 0.717) is 5.69 Å². The average molecular weight is 280 g/mol. The Bertz CT molecular complexity index is 598. The summed E-state index contributed by atoms with van der Waals surface area (Å²) in [6, 6.07) is 5.84. The van der Waals surface area contributed by atoms with Crippen molar-refractivity contribution in [3.8, 4) is 0 Å². The summed E-state index contributed by atoms with van der Waals surface area (Å²) in [5, 5.41) is 2.65. The summed E-state index contributed by atoms with van der Waals surface area (Å²) in [4.78, 5) is 19.8. The molecule has 0 saturated heterocycles. The molecule has 0 bridgehead atoms. The predicted octanol–water partition coefficient (Wildman–Crippen LogP) is 2.51. The van der Waals surface area contributed by atoms with Crippen molar-refractivity contribution in [1.82, 2.24) is 15.3 Å². The molecular weight excluding hydrogens is 269 g/mol. The van der Waals surface area contributed by atoms with Gasteiger partial charge in [-0.25, -0.2) is 14.4 Å². The van der Waals surface area contributed by atoms with Gasteiger partial charge in [-0.1, -0.05) is 17.7 Å². The molecule has 0 aliphatic rings. The number of nitrogens with zero attached hydrogens (tertiary/aromatic N) is 2. The Hall–Kier alpha value is -2.01. The van der Waals surface area contributed by atoms with E-state index in [0.717, 1.165) is 5.69 Å². The van der Waals surface area contributed by atoms with Crippen molar-refractivity contribution in [3.63, 3.8) is 0 Å². The van der Waals surface area contributed by atoms with Gasteiger partial charge in [-0.2, -0.15) is 0 Å². The van der Waals surface area contributed by atoms with Crippen LogP contribution in [0.2, 0.25) is 5.02 Å². The second kappa shape index (κ2) is 5.75. The molecule has 0 aliphatic carbocycles. The molecule has 4 nitrogen and oxygen atoms in total. The molecule has 1 heterocycles. The zero-order chi connectivity index (χ0) is 13.8. The van der Waals surface area contributed by atoms with Crippen LogP contribution in [0, 0.1) is 12.7 Å². The van der Waals surface area contributed by atoms with E-state index in [1.54, 1.807) is 6.07 Å². The number of benzene rings is 1. The van der Waals surface area contributed by atoms with Gasteiger partial charge in [0.25, 0.3) is 5.91 Å². The lowest BCUT2D eigenvalue weighted by Crippen LogP contribution is -2.24. The number of hydrogen-bond donors (Lipinski definition) is 1. The number of hydrogen-bond acceptors (Lipinski definition) is 3. The molecule has 1 aromatic carbocycles. The minimum atomic E-state index is -0.649. The summed E-state index contributed by atoms with van der Waals surface area (Å²) < 4.78 is 13.5. The molecule has 2 rings (SSSR count). The van der Waals surface area contributed by atoms with E-state index < -0.39 is 11.7 Å². The lowest BCUT2D eigenvalue weighted by molar-refractivity contribution is 0.0946. The van der Waals surface area contributed by atoms with Gasteiger partial charge in [0, 0.05) is 5.69 Å². The van der Waals surface area contributed by atoms with E-state index in [1.807, 2.05) is 6.92 Å². The van der Waals surface area contributed by atoms with E-state index >= 15 is 0 Å². The van der Waals surface area contributed by atoms with Crippen molar-refractivity contribution in [2.45, 2.75) is 13.5 Å². The van der Waals surface area contributed by atoms with Crippen LogP contribution < -0.4 is 5.32 Å². The highest BCUT2D eigenvalue weighted by molar-refractivity contribution is 6.33. The van der Waals surface area contributed by atoms with Gasteiger partial charge in [0.1, 0.15) is 12.1 Å². The first-order chi connectivity index (χ1) is 9.08. The topological polar surface area (TPSA) is 54.9 Å². The lowest BCUT2D eigenvalue weighted by atomic mass is 10.2. The first kappa shape index (κ1) is 13.4. The van der Waals surface area contributed by atoms with Gasteiger partial charge in [0.05, 0.1) is 22.8 Å². The fourth-order valence-electron chi connectivity index (χ4n) is 1.58. The molecule has 0 aliphatic heterocycles. The first-order valence-electron chi connectivity index (χ1n) is 5.57. The van der Waals surface area contributed by atoms with Gasteiger partial charge in [0.2, 0.25) is 0 Å². The van der Waals surface area contributed by atoms with E-state index in [1.165, 1.54) is 24.5 Å². The predicted molar refractivity (Wildman–Crippen MR) is 69.3 cm³/mol. The molecule has 2 aromatic rings. The van der Waals surface area contributed by atoms with Crippen LogP contribution in [0.25, 0.3) is 0 Å². The maximum atomic E-state index is 13.5. The Kier molecular flexibility index (Phi) is 4.06. The average Bonchev–Trinajstić information content (AvgIpc) is 2.36. The van der Waals surface area contributed by atoms with Crippen molar-refractivity contribution < 1.29 is 9.18 Å². The molecular formula is C13H11ClFN3O. The Morgan fingerprint density at radius 3 is 2.89 bits per heavy atom. The normalized spacial score (nSPS) is 10.3.